The molecule has 1 atom stereocenters. The van der Waals surface area contributed by atoms with Crippen LogP contribution in [0.2, 0.25) is 0 Å². The first-order chi connectivity index (χ1) is 9.98. The molecular weight excluding hydrogens is 286 g/mol. The summed E-state index contributed by atoms with van der Waals surface area (Å²) in [5.74, 6) is 0. The van der Waals surface area contributed by atoms with Gasteiger partial charge in [0.15, 0.2) is 0 Å². The van der Waals surface area contributed by atoms with Crippen molar-refractivity contribution in [3.63, 3.8) is 0 Å². The fourth-order valence-electron chi connectivity index (χ4n) is 3.30. The molecule has 1 aromatic carbocycles. The summed E-state index contributed by atoms with van der Waals surface area (Å²) in [5, 5.41) is 3.26. The van der Waals surface area contributed by atoms with Gasteiger partial charge in [-0.15, -0.1) is 0 Å². The number of nitrogens with zero attached hydrogens (tertiary/aromatic N) is 2. The van der Waals surface area contributed by atoms with E-state index < -0.39 is 10.0 Å². The average molecular weight is 309 g/mol. The molecular formula is C15H23N3O2S. The third kappa shape index (κ3) is 2.85. The highest BCUT2D eigenvalue weighted by Gasteiger charge is 2.35. The lowest BCUT2D eigenvalue weighted by atomic mass is 10.1. The zero-order valence-corrected chi connectivity index (χ0v) is 13.5. The van der Waals surface area contributed by atoms with Crippen LogP contribution in [-0.4, -0.2) is 50.8 Å². The summed E-state index contributed by atoms with van der Waals surface area (Å²) in [4.78, 5) is 2.50. The lowest BCUT2D eigenvalue weighted by Crippen LogP contribution is -2.41. The van der Waals surface area contributed by atoms with Crippen LogP contribution in [0.5, 0.6) is 0 Å². The molecule has 2 heterocycles. The molecule has 0 saturated carbocycles. The van der Waals surface area contributed by atoms with E-state index >= 15 is 0 Å². The topological polar surface area (TPSA) is 52.7 Å². The number of fused-ring (bicyclic) bond motifs is 1. The van der Waals surface area contributed by atoms with Crippen LogP contribution in [0.15, 0.2) is 23.1 Å². The number of rotatable bonds is 4. The van der Waals surface area contributed by atoms with E-state index in [4.69, 9.17) is 0 Å². The molecule has 0 spiro atoms. The Kier molecular flexibility index (Phi) is 4.05. The normalized spacial score (nSPS) is 22.9. The Labute approximate surface area is 127 Å². The van der Waals surface area contributed by atoms with Crippen molar-refractivity contribution in [1.29, 1.82) is 0 Å². The molecule has 0 bridgehead atoms. The van der Waals surface area contributed by atoms with Gasteiger partial charge < -0.3 is 10.2 Å². The molecule has 0 radical (unpaired) electrons. The van der Waals surface area contributed by atoms with Crippen molar-refractivity contribution in [1.82, 2.24) is 14.5 Å². The highest BCUT2D eigenvalue weighted by atomic mass is 32.2. The second kappa shape index (κ2) is 5.68. The van der Waals surface area contributed by atoms with E-state index in [0.29, 0.717) is 11.4 Å². The van der Waals surface area contributed by atoms with Crippen LogP contribution < -0.4 is 5.32 Å². The van der Waals surface area contributed by atoms with Gasteiger partial charge in [0.1, 0.15) is 0 Å². The Hall–Kier alpha value is -0.950. The monoisotopic (exact) mass is 309 g/mol. The number of benzene rings is 1. The number of hydrogen-bond donors (Lipinski definition) is 1. The van der Waals surface area contributed by atoms with E-state index in [9.17, 15) is 8.42 Å². The van der Waals surface area contributed by atoms with Gasteiger partial charge in [-0.05, 0) is 50.2 Å². The highest BCUT2D eigenvalue weighted by Crippen LogP contribution is 2.28. The Bertz CT molecular complexity index is 628. The van der Waals surface area contributed by atoms with Gasteiger partial charge in [0, 0.05) is 32.2 Å². The first kappa shape index (κ1) is 15.0. The Morgan fingerprint density at radius 1 is 1.29 bits per heavy atom. The van der Waals surface area contributed by atoms with Crippen LogP contribution in [0.3, 0.4) is 0 Å². The smallest absolute Gasteiger partial charge is 0.243 e. The molecule has 116 valence electrons. The van der Waals surface area contributed by atoms with Gasteiger partial charge in [-0.2, -0.15) is 4.31 Å². The fraction of sp³-hybridized carbons (Fsp3) is 0.600. The third-order valence-electron chi connectivity index (χ3n) is 4.31. The minimum atomic E-state index is -3.38. The van der Waals surface area contributed by atoms with Crippen LogP contribution in [0, 0.1) is 0 Å². The number of sulfonamides is 1. The van der Waals surface area contributed by atoms with Crippen molar-refractivity contribution in [3.8, 4) is 0 Å². The molecule has 3 rings (SSSR count). The largest absolute Gasteiger partial charge is 0.309 e. The lowest BCUT2D eigenvalue weighted by molar-refractivity contribution is 0.291. The summed E-state index contributed by atoms with van der Waals surface area (Å²) >= 11 is 0. The molecule has 6 heteroatoms. The Morgan fingerprint density at radius 2 is 2.05 bits per heavy atom. The SMILES string of the molecule is CN(C)CC1CCCN1S(=O)(=O)c1ccc2c(c1)CNC2. The predicted molar refractivity (Wildman–Crippen MR) is 82.5 cm³/mol. The molecule has 1 aromatic rings. The summed E-state index contributed by atoms with van der Waals surface area (Å²) in [5.41, 5.74) is 2.32. The molecule has 0 amide bonds. The van der Waals surface area contributed by atoms with Gasteiger partial charge in [-0.25, -0.2) is 8.42 Å². The van der Waals surface area contributed by atoms with Crippen LogP contribution in [-0.2, 0) is 23.1 Å². The molecule has 1 saturated heterocycles. The van der Waals surface area contributed by atoms with Crippen LogP contribution >= 0.6 is 0 Å². The number of nitrogens with one attached hydrogen (secondary N) is 1. The number of hydrogen-bond acceptors (Lipinski definition) is 4. The predicted octanol–water partition coefficient (Wildman–Crippen LogP) is 1.00. The van der Waals surface area contributed by atoms with E-state index in [2.05, 4.69) is 10.2 Å². The van der Waals surface area contributed by atoms with Gasteiger partial charge in [0.2, 0.25) is 10.0 Å². The fourth-order valence-corrected chi connectivity index (χ4v) is 5.03. The summed E-state index contributed by atoms with van der Waals surface area (Å²) in [6.45, 7) is 3.02. The molecule has 2 aliphatic rings. The molecule has 0 aromatic heterocycles. The zero-order valence-electron chi connectivity index (χ0n) is 12.7. The van der Waals surface area contributed by atoms with Gasteiger partial charge >= 0.3 is 0 Å². The molecule has 1 N–H and O–H groups in total. The third-order valence-corrected chi connectivity index (χ3v) is 6.26. The maximum Gasteiger partial charge on any atom is 0.243 e. The molecule has 5 nitrogen and oxygen atoms in total. The maximum atomic E-state index is 12.9. The molecule has 1 unspecified atom stereocenters. The van der Waals surface area contributed by atoms with E-state index in [0.717, 1.165) is 38.0 Å². The average Bonchev–Trinajstić information content (AvgIpc) is 3.05. The molecule has 21 heavy (non-hydrogen) atoms. The van der Waals surface area contributed by atoms with Crippen molar-refractivity contribution in [2.75, 3.05) is 27.2 Å². The Balaban J connectivity index is 1.89. The van der Waals surface area contributed by atoms with Gasteiger partial charge in [-0.3, -0.25) is 0 Å². The van der Waals surface area contributed by atoms with Gasteiger partial charge in [0.05, 0.1) is 4.90 Å². The molecule has 0 aliphatic carbocycles. The minimum Gasteiger partial charge on any atom is -0.309 e. The van der Waals surface area contributed by atoms with E-state index in [1.165, 1.54) is 5.56 Å². The Morgan fingerprint density at radius 3 is 2.81 bits per heavy atom. The highest BCUT2D eigenvalue weighted by molar-refractivity contribution is 7.89. The first-order valence-electron chi connectivity index (χ1n) is 7.47. The summed E-state index contributed by atoms with van der Waals surface area (Å²) in [6, 6.07) is 5.64. The maximum absolute atomic E-state index is 12.9. The van der Waals surface area contributed by atoms with Crippen molar-refractivity contribution in [2.24, 2.45) is 0 Å². The standard InChI is InChI=1S/C15H23N3O2S/c1-17(2)11-14-4-3-7-18(14)21(19,20)15-6-5-12-9-16-10-13(12)8-15/h5-6,8,14,16H,3-4,7,9-11H2,1-2H3. The van der Waals surface area contributed by atoms with Crippen LogP contribution in [0.1, 0.15) is 24.0 Å². The minimum absolute atomic E-state index is 0.0939. The summed E-state index contributed by atoms with van der Waals surface area (Å²) in [6.07, 6.45) is 1.90. The summed E-state index contributed by atoms with van der Waals surface area (Å²) < 4.78 is 27.5. The van der Waals surface area contributed by atoms with Crippen molar-refractivity contribution in [2.45, 2.75) is 36.9 Å². The van der Waals surface area contributed by atoms with Crippen molar-refractivity contribution >= 4 is 10.0 Å². The van der Waals surface area contributed by atoms with Crippen LogP contribution in [0.4, 0.5) is 0 Å². The van der Waals surface area contributed by atoms with Gasteiger partial charge in [0.25, 0.3) is 0 Å². The summed E-state index contributed by atoms with van der Waals surface area (Å²) in [7, 11) is 0.604. The van der Waals surface area contributed by atoms with Crippen LogP contribution in [0.25, 0.3) is 0 Å². The van der Waals surface area contributed by atoms with E-state index in [-0.39, 0.29) is 6.04 Å². The van der Waals surface area contributed by atoms with E-state index in [1.54, 1.807) is 10.4 Å². The zero-order chi connectivity index (χ0) is 15.0. The van der Waals surface area contributed by atoms with E-state index in [1.807, 2.05) is 26.2 Å². The second-order valence-electron chi connectivity index (χ2n) is 6.21. The van der Waals surface area contributed by atoms with Crippen molar-refractivity contribution in [3.05, 3.63) is 29.3 Å². The molecule has 1 fully saturated rings. The van der Waals surface area contributed by atoms with Gasteiger partial charge in [-0.1, -0.05) is 6.07 Å². The quantitative estimate of drug-likeness (QED) is 0.902. The lowest BCUT2D eigenvalue weighted by Gasteiger charge is -2.26. The first-order valence-corrected chi connectivity index (χ1v) is 8.91. The van der Waals surface area contributed by atoms with Crippen molar-refractivity contribution < 1.29 is 8.42 Å². The number of likely N-dealkylation sites (N-methyl/N-ethyl adjacent to an activating group) is 1. The second-order valence-corrected chi connectivity index (χ2v) is 8.10. The molecule has 2 aliphatic heterocycles.